The first-order chi connectivity index (χ1) is 9.66. The van der Waals surface area contributed by atoms with Crippen LogP contribution in [0.2, 0.25) is 0 Å². The normalized spacial score (nSPS) is 12.8. The Hall–Kier alpha value is -2.15. The van der Waals surface area contributed by atoms with E-state index >= 15 is 0 Å². The molecule has 0 fully saturated rings. The molecule has 0 aliphatic carbocycles. The summed E-state index contributed by atoms with van der Waals surface area (Å²) in [6.45, 7) is 5.90. The van der Waals surface area contributed by atoms with E-state index in [0.29, 0.717) is 12.1 Å². The highest BCUT2D eigenvalue weighted by Crippen LogP contribution is 2.31. The molecule has 0 saturated carbocycles. The number of amides is 1. The number of aliphatic hydroxyl groups excluding tert-OH is 1. The fourth-order valence-corrected chi connectivity index (χ4v) is 2.00. The number of hydrogen-bond donors (Lipinski definition) is 3. The first-order valence-electron chi connectivity index (χ1n) is 6.62. The summed E-state index contributed by atoms with van der Waals surface area (Å²) in [5.74, 6) is -0.715. The topological polar surface area (TPSA) is 118 Å². The van der Waals surface area contributed by atoms with E-state index in [-0.39, 0.29) is 29.3 Å². The van der Waals surface area contributed by atoms with Crippen LogP contribution in [-0.4, -0.2) is 28.6 Å². The van der Waals surface area contributed by atoms with Crippen LogP contribution < -0.4 is 11.1 Å². The lowest BCUT2D eigenvalue weighted by Gasteiger charge is -2.31. The molecule has 0 radical (unpaired) electrons. The van der Waals surface area contributed by atoms with E-state index < -0.39 is 10.8 Å². The minimum atomic E-state index is -0.715. The van der Waals surface area contributed by atoms with Gasteiger partial charge in [0.1, 0.15) is 5.69 Å². The third-order valence-electron chi connectivity index (χ3n) is 3.27. The van der Waals surface area contributed by atoms with Crippen LogP contribution in [0.3, 0.4) is 0 Å². The van der Waals surface area contributed by atoms with Crippen molar-refractivity contribution in [3.8, 4) is 0 Å². The molecule has 1 unspecified atom stereocenters. The average Bonchev–Trinajstić information content (AvgIpc) is 2.36. The third kappa shape index (κ3) is 4.42. The quantitative estimate of drug-likeness (QED) is 0.547. The first kappa shape index (κ1) is 16.9. The minimum absolute atomic E-state index is 0.0257. The minimum Gasteiger partial charge on any atom is -0.396 e. The molecule has 21 heavy (non-hydrogen) atoms. The summed E-state index contributed by atoms with van der Waals surface area (Å²) in [5, 5.41) is 23.4. The number of rotatable bonds is 6. The van der Waals surface area contributed by atoms with Gasteiger partial charge < -0.3 is 16.2 Å². The van der Waals surface area contributed by atoms with Gasteiger partial charge in [-0.2, -0.15) is 0 Å². The maximum absolute atomic E-state index is 11.1. The van der Waals surface area contributed by atoms with Crippen LogP contribution in [0.25, 0.3) is 0 Å². The number of carbonyl (C=O) groups excluding carboxylic acids is 1. The van der Waals surface area contributed by atoms with Crippen LogP contribution >= 0.6 is 0 Å². The Morgan fingerprint density at radius 2 is 2.10 bits per heavy atom. The molecule has 7 nitrogen and oxygen atoms in total. The molecule has 7 heteroatoms. The fourth-order valence-electron chi connectivity index (χ4n) is 2.00. The number of aliphatic hydroxyl groups is 1. The molecule has 1 rings (SSSR count). The molecule has 0 aromatic heterocycles. The zero-order valence-corrected chi connectivity index (χ0v) is 12.4. The number of nitrogens with zero attached hydrogens (tertiary/aromatic N) is 1. The van der Waals surface area contributed by atoms with Crippen LogP contribution in [0, 0.1) is 15.5 Å². The summed E-state index contributed by atoms with van der Waals surface area (Å²) in [5.41, 5.74) is 5.12. The number of benzene rings is 1. The Labute approximate surface area is 123 Å². The maximum atomic E-state index is 11.1. The highest BCUT2D eigenvalue weighted by molar-refractivity contribution is 5.94. The highest BCUT2D eigenvalue weighted by atomic mass is 16.6. The summed E-state index contributed by atoms with van der Waals surface area (Å²) in [7, 11) is 0. The van der Waals surface area contributed by atoms with Gasteiger partial charge in [0.15, 0.2) is 0 Å². The second-order valence-corrected chi connectivity index (χ2v) is 5.93. The van der Waals surface area contributed by atoms with Crippen LogP contribution in [0.15, 0.2) is 18.2 Å². The van der Waals surface area contributed by atoms with Crippen LogP contribution in [0.1, 0.15) is 37.6 Å². The van der Waals surface area contributed by atoms with E-state index in [9.17, 15) is 14.9 Å². The van der Waals surface area contributed by atoms with Gasteiger partial charge in [-0.05, 0) is 24.0 Å². The lowest BCUT2D eigenvalue weighted by molar-refractivity contribution is -0.384. The van der Waals surface area contributed by atoms with Crippen molar-refractivity contribution >= 4 is 17.3 Å². The number of carbonyl (C=O) groups is 1. The van der Waals surface area contributed by atoms with Gasteiger partial charge in [-0.25, -0.2) is 0 Å². The van der Waals surface area contributed by atoms with Crippen LogP contribution in [0.5, 0.6) is 0 Å². The molecular formula is C14H21N3O4. The highest BCUT2D eigenvalue weighted by Gasteiger charge is 2.27. The Bertz CT molecular complexity index is 538. The lowest BCUT2D eigenvalue weighted by atomic mass is 9.84. The smallest absolute Gasteiger partial charge is 0.293 e. The molecule has 0 aliphatic heterocycles. The van der Waals surface area contributed by atoms with E-state index in [0.717, 1.165) is 6.07 Å². The van der Waals surface area contributed by atoms with Gasteiger partial charge in [0, 0.05) is 24.3 Å². The molecule has 1 aromatic carbocycles. The van der Waals surface area contributed by atoms with Crippen molar-refractivity contribution in [1.29, 1.82) is 0 Å². The summed E-state index contributed by atoms with van der Waals surface area (Å²) in [6.07, 6.45) is 0.457. The number of nitro groups is 1. The molecule has 0 aliphatic rings. The van der Waals surface area contributed by atoms with Crippen LogP contribution in [-0.2, 0) is 0 Å². The fraction of sp³-hybridized carbons (Fsp3) is 0.500. The monoisotopic (exact) mass is 295 g/mol. The molecule has 0 spiro atoms. The molecular weight excluding hydrogens is 274 g/mol. The molecule has 4 N–H and O–H groups in total. The zero-order chi connectivity index (χ0) is 16.2. The Morgan fingerprint density at radius 1 is 1.48 bits per heavy atom. The van der Waals surface area contributed by atoms with Crippen molar-refractivity contribution in [3.63, 3.8) is 0 Å². The van der Waals surface area contributed by atoms with E-state index in [1.165, 1.54) is 12.1 Å². The van der Waals surface area contributed by atoms with Gasteiger partial charge in [-0.15, -0.1) is 0 Å². The first-order valence-corrected chi connectivity index (χ1v) is 6.62. The van der Waals surface area contributed by atoms with Gasteiger partial charge in [0.05, 0.1) is 4.92 Å². The van der Waals surface area contributed by atoms with Gasteiger partial charge >= 0.3 is 0 Å². The lowest BCUT2D eigenvalue weighted by Crippen LogP contribution is -2.35. The maximum Gasteiger partial charge on any atom is 0.293 e. The predicted molar refractivity (Wildman–Crippen MR) is 80.2 cm³/mol. The van der Waals surface area contributed by atoms with Crippen molar-refractivity contribution in [3.05, 3.63) is 33.9 Å². The van der Waals surface area contributed by atoms with E-state index in [1.807, 2.05) is 20.8 Å². The Kier molecular flexibility index (Phi) is 5.26. The van der Waals surface area contributed by atoms with Crippen molar-refractivity contribution < 1.29 is 14.8 Å². The van der Waals surface area contributed by atoms with Gasteiger partial charge in [0.2, 0.25) is 5.91 Å². The number of primary amides is 1. The summed E-state index contributed by atoms with van der Waals surface area (Å²) >= 11 is 0. The number of hydrogen-bond acceptors (Lipinski definition) is 5. The molecule has 116 valence electrons. The largest absolute Gasteiger partial charge is 0.396 e. The van der Waals surface area contributed by atoms with Gasteiger partial charge in [-0.1, -0.05) is 20.8 Å². The van der Waals surface area contributed by atoms with Gasteiger partial charge in [-0.3, -0.25) is 14.9 Å². The number of nitrogens with one attached hydrogen (secondary N) is 1. The summed E-state index contributed by atoms with van der Waals surface area (Å²) < 4.78 is 0. The molecule has 0 saturated heterocycles. The predicted octanol–water partition coefficient (Wildman–Crippen LogP) is 1.90. The SMILES string of the molecule is CC(C)(C)C(CCO)Nc1ccc(C(N)=O)cc1[N+](=O)[O-]. The molecule has 1 aromatic rings. The van der Waals surface area contributed by atoms with Crippen molar-refractivity contribution in [1.82, 2.24) is 0 Å². The average molecular weight is 295 g/mol. The molecule has 1 atom stereocenters. The van der Waals surface area contributed by atoms with E-state index in [4.69, 9.17) is 10.8 Å². The van der Waals surface area contributed by atoms with E-state index in [1.54, 1.807) is 0 Å². The summed E-state index contributed by atoms with van der Waals surface area (Å²) in [4.78, 5) is 21.7. The zero-order valence-electron chi connectivity index (χ0n) is 12.4. The molecule has 1 amide bonds. The Morgan fingerprint density at radius 3 is 2.52 bits per heavy atom. The third-order valence-corrected chi connectivity index (χ3v) is 3.27. The van der Waals surface area contributed by atoms with E-state index in [2.05, 4.69) is 5.32 Å². The molecule has 0 heterocycles. The van der Waals surface area contributed by atoms with Crippen molar-refractivity contribution in [2.45, 2.75) is 33.2 Å². The standard InChI is InChI=1S/C14H21N3O4/c1-14(2,3)12(6-7-18)16-10-5-4-9(13(15)19)8-11(10)17(20)21/h4-5,8,12,16,18H,6-7H2,1-3H3,(H2,15,19). The van der Waals surface area contributed by atoms with Gasteiger partial charge in [0.25, 0.3) is 5.69 Å². The van der Waals surface area contributed by atoms with Crippen molar-refractivity contribution in [2.24, 2.45) is 11.1 Å². The number of anilines is 1. The number of nitro benzene ring substituents is 1. The Balaban J connectivity index is 3.17. The second-order valence-electron chi connectivity index (χ2n) is 5.93. The summed E-state index contributed by atoms with van der Waals surface area (Å²) in [6, 6.07) is 3.91. The second kappa shape index (κ2) is 6.53. The number of nitrogens with two attached hydrogens (primary N) is 1. The van der Waals surface area contributed by atoms with Crippen LogP contribution in [0.4, 0.5) is 11.4 Å². The molecule has 0 bridgehead atoms. The van der Waals surface area contributed by atoms with Crippen molar-refractivity contribution in [2.75, 3.05) is 11.9 Å².